The lowest BCUT2D eigenvalue weighted by Crippen LogP contribution is -2.41. The predicted octanol–water partition coefficient (Wildman–Crippen LogP) is 2.19. The molecule has 0 unspecified atom stereocenters. The highest BCUT2D eigenvalue weighted by Crippen LogP contribution is 2.36. The van der Waals surface area contributed by atoms with Gasteiger partial charge in [-0.2, -0.15) is 0 Å². The first-order valence-electron chi connectivity index (χ1n) is 7.54. The Labute approximate surface area is 122 Å². The lowest BCUT2D eigenvalue weighted by molar-refractivity contribution is 0.00578. The van der Waals surface area contributed by atoms with Crippen molar-refractivity contribution in [2.75, 3.05) is 13.1 Å². The lowest BCUT2D eigenvalue weighted by atomic mass is 9.79. The van der Waals surface area contributed by atoms with Crippen LogP contribution >= 0.6 is 0 Å². The molecule has 2 heterocycles. The molecule has 2 saturated heterocycles. The van der Waals surface area contributed by atoms with E-state index in [0.29, 0.717) is 0 Å². The van der Waals surface area contributed by atoms with E-state index < -0.39 is 0 Å². The average Bonchev–Trinajstić information content (AvgIpc) is 2.54. The zero-order chi connectivity index (χ0) is 14.4. The maximum atomic E-state index is 6.07. The van der Waals surface area contributed by atoms with Crippen LogP contribution in [0.3, 0.4) is 0 Å². The van der Waals surface area contributed by atoms with Gasteiger partial charge >= 0.3 is 7.12 Å². The highest BCUT2D eigenvalue weighted by molar-refractivity contribution is 6.62. The molecule has 1 aromatic carbocycles. The average molecular weight is 273 g/mol. The summed E-state index contributed by atoms with van der Waals surface area (Å²) in [5, 5.41) is 0. The molecule has 0 radical (unpaired) electrons. The zero-order valence-electron chi connectivity index (χ0n) is 13.0. The molecule has 2 aliphatic heterocycles. The van der Waals surface area contributed by atoms with Crippen LogP contribution in [0.4, 0.5) is 0 Å². The van der Waals surface area contributed by atoms with Crippen molar-refractivity contribution in [1.29, 1.82) is 0 Å². The van der Waals surface area contributed by atoms with E-state index in [4.69, 9.17) is 9.31 Å². The van der Waals surface area contributed by atoms with Gasteiger partial charge in [0.2, 0.25) is 0 Å². The van der Waals surface area contributed by atoms with E-state index in [-0.39, 0.29) is 18.3 Å². The summed E-state index contributed by atoms with van der Waals surface area (Å²) in [4.78, 5) is 2.46. The number of hydrogen-bond donors (Lipinski definition) is 0. The maximum absolute atomic E-state index is 6.07. The summed E-state index contributed by atoms with van der Waals surface area (Å²) in [6.07, 6.45) is 1.34. The summed E-state index contributed by atoms with van der Waals surface area (Å²) in [6, 6.07) is 8.66. The van der Waals surface area contributed by atoms with Gasteiger partial charge in [0.15, 0.2) is 0 Å². The summed E-state index contributed by atoms with van der Waals surface area (Å²) in [5.41, 5.74) is 1.93. The normalized spacial score (nSPS) is 24.7. The van der Waals surface area contributed by atoms with E-state index >= 15 is 0 Å². The Morgan fingerprint density at radius 2 is 1.55 bits per heavy atom. The van der Waals surface area contributed by atoms with Crippen LogP contribution in [0.5, 0.6) is 0 Å². The summed E-state index contributed by atoms with van der Waals surface area (Å²) >= 11 is 0. The standard InChI is InChI=1S/C16H24BNO2/c1-15(2)16(3,4)20-17(19-15)14-8-6-13(7-9-14)12-18-10-5-11-18/h6-9H,5,10-12H2,1-4H3. The van der Waals surface area contributed by atoms with Crippen LogP contribution in [0.25, 0.3) is 0 Å². The molecular weight excluding hydrogens is 249 g/mol. The van der Waals surface area contributed by atoms with Crippen molar-refractivity contribution in [3.05, 3.63) is 29.8 Å². The Bertz CT molecular complexity index is 464. The highest BCUT2D eigenvalue weighted by atomic mass is 16.7. The predicted molar refractivity (Wildman–Crippen MR) is 82.1 cm³/mol. The Balaban J connectivity index is 1.69. The van der Waals surface area contributed by atoms with Crippen molar-refractivity contribution in [3.8, 4) is 0 Å². The molecule has 20 heavy (non-hydrogen) atoms. The largest absolute Gasteiger partial charge is 0.494 e. The van der Waals surface area contributed by atoms with Crippen molar-refractivity contribution in [2.45, 2.75) is 51.9 Å². The molecular formula is C16H24BNO2. The molecule has 0 aromatic heterocycles. The SMILES string of the molecule is CC1(C)OB(c2ccc(CN3CCC3)cc2)OC1(C)C. The number of benzene rings is 1. The molecule has 0 aliphatic carbocycles. The van der Waals surface area contributed by atoms with Crippen molar-refractivity contribution in [1.82, 2.24) is 4.90 Å². The second kappa shape index (κ2) is 4.87. The van der Waals surface area contributed by atoms with E-state index in [0.717, 1.165) is 12.0 Å². The first-order valence-corrected chi connectivity index (χ1v) is 7.54. The van der Waals surface area contributed by atoms with Crippen LogP contribution < -0.4 is 5.46 Å². The molecule has 0 amide bonds. The molecule has 0 atom stereocenters. The Kier molecular flexibility index (Phi) is 3.43. The Hall–Kier alpha value is -0.835. The minimum Gasteiger partial charge on any atom is -0.399 e. The van der Waals surface area contributed by atoms with Crippen LogP contribution in [0, 0.1) is 0 Å². The monoisotopic (exact) mass is 273 g/mol. The van der Waals surface area contributed by atoms with Gasteiger partial charge in [-0.15, -0.1) is 0 Å². The minimum atomic E-state index is -0.270. The van der Waals surface area contributed by atoms with E-state index in [1.54, 1.807) is 0 Å². The lowest BCUT2D eigenvalue weighted by Gasteiger charge is -2.32. The number of nitrogens with zero attached hydrogens (tertiary/aromatic N) is 1. The molecule has 1 aromatic rings. The van der Waals surface area contributed by atoms with Crippen molar-refractivity contribution in [3.63, 3.8) is 0 Å². The van der Waals surface area contributed by atoms with Crippen LogP contribution in [0.15, 0.2) is 24.3 Å². The van der Waals surface area contributed by atoms with Crippen LogP contribution in [0.2, 0.25) is 0 Å². The van der Waals surface area contributed by atoms with Gasteiger partial charge < -0.3 is 9.31 Å². The van der Waals surface area contributed by atoms with Gasteiger partial charge in [0, 0.05) is 6.54 Å². The molecule has 3 nitrogen and oxygen atoms in total. The second-order valence-electron chi connectivity index (χ2n) is 6.96. The molecule has 3 rings (SSSR count). The Morgan fingerprint density at radius 1 is 1.00 bits per heavy atom. The molecule has 0 spiro atoms. The molecule has 2 aliphatic rings. The van der Waals surface area contributed by atoms with Gasteiger partial charge in [0.05, 0.1) is 11.2 Å². The first-order chi connectivity index (χ1) is 9.37. The smallest absolute Gasteiger partial charge is 0.399 e. The summed E-state index contributed by atoms with van der Waals surface area (Å²) in [7, 11) is -0.252. The molecule has 108 valence electrons. The number of rotatable bonds is 3. The summed E-state index contributed by atoms with van der Waals surface area (Å²) in [6.45, 7) is 11.9. The molecule has 4 heteroatoms. The molecule has 2 fully saturated rings. The number of hydrogen-bond acceptors (Lipinski definition) is 3. The van der Waals surface area contributed by atoms with Gasteiger partial charge in [0.1, 0.15) is 0 Å². The van der Waals surface area contributed by atoms with Crippen molar-refractivity contribution < 1.29 is 9.31 Å². The van der Waals surface area contributed by atoms with Gasteiger partial charge in [-0.05, 0) is 58.2 Å². The fourth-order valence-corrected chi connectivity index (χ4v) is 2.56. The van der Waals surface area contributed by atoms with Crippen LogP contribution in [0.1, 0.15) is 39.7 Å². The van der Waals surface area contributed by atoms with Gasteiger partial charge in [-0.25, -0.2) is 0 Å². The fraction of sp³-hybridized carbons (Fsp3) is 0.625. The van der Waals surface area contributed by atoms with Gasteiger partial charge in [0.25, 0.3) is 0 Å². The zero-order valence-corrected chi connectivity index (χ0v) is 13.0. The van der Waals surface area contributed by atoms with Crippen molar-refractivity contribution >= 4 is 12.6 Å². The molecule has 0 saturated carbocycles. The third-order valence-electron chi connectivity index (χ3n) is 4.86. The summed E-state index contributed by atoms with van der Waals surface area (Å²) < 4.78 is 12.1. The second-order valence-corrected chi connectivity index (χ2v) is 6.96. The Morgan fingerprint density at radius 3 is 2.00 bits per heavy atom. The van der Waals surface area contributed by atoms with Gasteiger partial charge in [-0.3, -0.25) is 4.90 Å². The molecule has 0 bridgehead atoms. The summed E-state index contributed by atoms with van der Waals surface area (Å²) in [5.74, 6) is 0. The topological polar surface area (TPSA) is 21.7 Å². The minimum absolute atomic E-state index is 0.252. The van der Waals surface area contributed by atoms with Gasteiger partial charge in [-0.1, -0.05) is 24.3 Å². The van der Waals surface area contributed by atoms with E-state index in [2.05, 4.69) is 56.9 Å². The third-order valence-corrected chi connectivity index (χ3v) is 4.86. The van der Waals surface area contributed by atoms with Crippen LogP contribution in [-0.2, 0) is 15.9 Å². The first kappa shape index (κ1) is 14.1. The molecule has 0 N–H and O–H groups in total. The highest BCUT2D eigenvalue weighted by Gasteiger charge is 2.51. The number of likely N-dealkylation sites (tertiary alicyclic amines) is 1. The quantitative estimate of drug-likeness (QED) is 0.788. The third kappa shape index (κ3) is 2.52. The van der Waals surface area contributed by atoms with E-state index in [9.17, 15) is 0 Å². The van der Waals surface area contributed by atoms with E-state index in [1.165, 1.54) is 25.1 Å². The van der Waals surface area contributed by atoms with Crippen molar-refractivity contribution in [2.24, 2.45) is 0 Å². The fourth-order valence-electron chi connectivity index (χ4n) is 2.56. The van der Waals surface area contributed by atoms with Crippen LogP contribution in [-0.4, -0.2) is 36.3 Å². The van der Waals surface area contributed by atoms with E-state index in [1.807, 2.05) is 0 Å². The maximum Gasteiger partial charge on any atom is 0.494 e.